The van der Waals surface area contributed by atoms with E-state index in [0.717, 1.165) is 12.1 Å². The zero-order valence-electron chi connectivity index (χ0n) is 9.41. The van der Waals surface area contributed by atoms with Gasteiger partial charge in [-0.2, -0.15) is 0 Å². The molecule has 0 aliphatic carbocycles. The average molecular weight is 262 g/mol. The second kappa shape index (κ2) is 5.86. The molecule has 1 aromatic carbocycles. The van der Waals surface area contributed by atoms with Gasteiger partial charge >= 0.3 is 5.97 Å². The molecule has 3 nitrogen and oxygen atoms in total. The zero-order valence-corrected chi connectivity index (χ0v) is 10.2. The van der Waals surface area contributed by atoms with Crippen molar-refractivity contribution in [2.45, 2.75) is 24.0 Å². The van der Waals surface area contributed by atoms with Crippen LogP contribution < -0.4 is 0 Å². The van der Waals surface area contributed by atoms with Gasteiger partial charge in [0, 0.05) is 4.90 Å². The minimum Gasteiger partial charge on any atom is -0.465 e. The number of hydrogen-bond acceptors (Lipinski definition) is 3. The van der Waals surface area contributed by atoms with Crippen LogP contribution in [0.3, 0.4) is 0 Å². The largest absolute Gasteiger partial charge is 0.465 e. The van der Waals surface area contributed by atoms with Gasteiger partial charge in [0.25, 0.3) is 0 Å². The molecule has 2 unspecified atom stereocenters. The lowest BCUT2D eigenvalue weighted by Crippen LogP contribution is -2.25. The number of carbonyl (C=O) groups is 1. The van der Waals surface area contributed by atoms with E-state index in [1.165, 1.54) is 13.0 Å². The summed E-state index contributed by atoms with van der Waals surface area (Å²) in [5.74, 6) is -2.74. The highest BCUT2D eigenvalue weighted by atomic mass is 32.2. The van der Waals surface area contributed by atoms with E-state index in [2.05, 4.69) is 0 Å². The van der Waals surface area contributed by atoms with Gasteiger partial charge in [-0.25, -0.2) is 8.78 Å². The summed E-state index contributed by atoms with van der Waals surface area (Å²) in [5, 5.41) is -0.917. The van der Waals surface area contributed by atoms with Crippen LogP contribution in [0, 0.1) is 11.6 Å². The lowest BCUT2D eigenvalue weighted by atomic mass is 10.3. The van der Waals surface area contributed by atoms with Crippen LogP contribution in [-0.4, -0.2) is 22.0 Å². The summed E-state index contributed by atoms with van der Waals surface area (Å²) in [6, 6.07) is 2.88. The van der Waals surface area contributed by atoms with E-state index in [0.29, 0.717) is 0 Å². The molecule has 0 spiro atoms. The summed E-state index contributed by atoms with van der Waals surface area (Å²) < 4.78 is 42.1. The van der Waals surface area contributed by atoms with Gasteiger partial charge in [-0.15, -0.1) is 0 Å². The highest BCUT2D eigenvalue weighted by Gasteiger charge is 2.23. The van der Waals surface area contributed by atoms with Crippen molar-refractivity contribution in [3.8, 4) is 0 Å². The maximum atomic E-state index is 12.9. The number of hydrogen-bond donors (Lipinski definition) is 0. The van der Waals surface area contributed by atoms with Crippen molar-refractivity contribution >= 4 is 16.8 Å². The second-order valence-electron chi connectivity index (χ2n) is 3.27. The number of carbonyl (C=O) groups excluding carboxylic acids is 1. The van der Waals surface area contributed by atoms with Crippen LogP contribution in [0.2, 0.25) is 0 Å². The van der Waals surface area contributed by atoms with E-state index in [9.17, 15) is 17.8 Å². The standard InChI is InChI=1S/C11H12F2O3S/c1-3-16-11(14)7(2)17(15)8-4-5-9(12)10(13)6-8/h4-7H,3H2,1-2H3. The van der Waals surface area contributed by atoms with Gasteiger partial charge in [-0.1, -0.05) is 0 Å². The molecule has 0 radical (unpaired) electrons. The van der Waals surface area contributed by atoms with Crippen molar-refractivity contribution in [2.75, 3.05) is 6.61 Å². The molecule has 0 saturated carbocycles. The molecule has 0 aromatic heterocycles. The number of ether oxygens (including phenoxy) is 1. The molecule has 0 N–H and O–H groups in total. The van der Waals surface area contributed by atoms with Crippen molar-refractivity contribution in [3.05, 3.63) is 29.8 Å². The molecule has 0 heterocycles. The third kappa shape index (κ3) is 3.33. The van der Waals surface area contributed by atoms with E-state index in [-0.39, 0.29) is 11.5 Å². The van der Waals surface area contributed by atoms with Crippen LogP contribution in [0.5, 0.6) is 0 Å². The van der Waals surface area contributed by atoms with Gasteiger partial charge < -0.3 is 4.74 Å². The summed E-state index contributed by atoms with van der Waals surface area (Å²) in [6.07, 6.45) is 0. The molecule has 1 rings (SSSR count). The van der Waals surface area contributed by atoms with Crippen LogP contribution in [0.4, 0.5) is 8.78 Å². The second-order valence-corrected chi connectivity index (χ2v) is 5.04. The molecule has 0 saturated heterocycles. The predicted octanol–water partition coefficient (Wildman–Crippen LogP) is 2.02. The average Bonchev–Trinajstić information content (AvgIpc) is 2.31. The Kier molecular flexibility index (Phi) is 4.74. The first-order valence-corrected chi connectivity index (χ1v) is 6.21. The Bertz CT molecular complexity index is 448. The lowest BCUT2D eigenvalue weighted by Gasteiger charge is -2.10. The smallest absolute Gasteiger partial charge is 0.321 e. The van der Waals surface area contributed by atoms with Gasteiger partial charge in [0.05, 0.1) is 17.4 Å². The molecule has 0 aliphatic heterocycles. The Balaban J connectivity index is 2.89. The van der Waals surface area contributed by atoms with Crippen LogP contribution in [0.25, 0.3) is 0 Å². The zero-order chi connectivity index (χ0) is 13.0. The number of esters is 1. The maximum absolute atomic E-state index is 12.9. The van der Waals surface area contributed by atoms with Gasteiger partial charge in [0.1, 0.15) is 5.25 Å². The minimum absolute atomic E-state index is 0.0597. The molecule has 0 aliphatic rings. The van der Waals surface area contributed by atoms with Crippen LogP contribution in [0.1, 0.15) is 13.8 Å². The molecule has 1 aromatic rings. The highest BCUT2D eigenvalue weighted by molar-refractivity contribution is 7.86. The van der Waals surface area contributed by atoms with E-state index in [1.54, 1.807) is 6.92 Å². The fourth-order valence-electron chi connectivity index (χ4n) is 1.15. The van der Waals surface area contributed by atoms with Gasteiger partial charge in [0.2, 0.25) is 0 Å². The fourth-order valence-corrected chi connectivity index (χ4v) is 2.23. The minimum atomic E-state index is -1.76. The Morgan fingerprint density at radius 1 is 1.41 bits per heavy atom. The topological polar surface area (TPSA) is 43.4 Å². The SMILES string of the molecule is CCOC(=O)C(C)S(=O)c1ccc(F)c(F)c1. The number of benzene rings is 1. The van der Waals surface area contributed by atoms with Crippen molar-refractivity contribution in [2.24, 2.45) is 0 Å². The quantitative estimate of drug-likeness (QED) is 0.780. The molecule has 17 heavy (non-hydrogen) atoms. The Morgan fingerprint density at radius 3 is 2.59 bits per heavy atom. The Labute approximate surface area is 100 Å². The number of rotatable bonds is 4. The molecule has 94 valence electrons. The van der Waals surface area contributed by atoms with E-state index < -0.39 is 33.7 Å². The number of halogens is 2. The van der Waals surface area contributed by atoms with Crippen LogP contribution in [0.15, 0.2) is 23.1 Å². The fraction of sp³-hybridized carbons (Fsp3) is 0.364. The first kappa shape index (κ1) is 13.8. The molecule has 0 amide bonds. The third-order valence-corrected chi connectivity index (χ3v) is 3.62. The van der Waals surface area contributed by atoms with Crippen molar-refractivity contribution < 1.29 is 22.5 Å². The lowest BCUT2D eigenvalue weighted by molar-refractivity contribution is -0.142. The normalized spacial score (nSPS) is 14.1. The van der Waals surface area contributed by atoms with Crippen molar-refractivity contribution in [1.29, 1.82) is 0 Å². The summed E-state index contributed by atoms with van der Waals surface area (Å²) in [4.78, 5) is 11.4. The monoisotopic (exact) mass is 262 g/mol. The van der Waals surface area contributed by atoms with E-state index >= 15 is 0 Å². The van der Waals surface area contributed by atoms with Crippen LogP contribution >= 0.6 is 0 Å². The maximum Gasteiger partial charge on any atom is 0.321 e. The van der Waals surface area contributed by atoms with Crippen LogP contribution in [-0.2, 0) is 20.3 Å². The summed E-state index contributed by atoms with van der Waals surface area (Å²) >= 11 is 0. The summed E-state index contributed by atoms with van der Waals surface area (Å²) in [5.41, 5.74) is 0. The summed E-state index contributed by atoms with van der Waals surface area (Å²) in [7, 11) is -1.76. The highest BCUT2D eigenvalue weighted by Crippen LogP contribution is 2.16. The van der Waals surface area contributed by atoms with E-state index in [4.69, 9.17) is 4.74 Å². The van der Waals surface area contributed by atoms with Gasteiger partial charge in [0.15, 0.2) is 11.6 Å². The van der Waals surface area contributed by atoms with Crippen molar-refractivity contribution in [3.63, 3.8) is 0 Å². The third-order valence-electron chi connectivity index (χ3n) is 2.06. The molecule has 0 fully saturated rings. The molecular weight excluding hydrogens is 250 g/mol. The Hall–Kier alpha value is -1.30. The first-order valence-electron chi connectivity index (χ1n) is 4.99. The van der Waals surface area contributed by atoms with Crippen molar-refractivity contribution in [1.82, 2.24) is 0 Å². The van der Waals surface area contributed by atoms with E-state index in [1.807, 2.05) is 0 Å². The molecule has 6 heteroatoms. The van der Waals surface area contributed by atoms with Gasteiger partial charge in [-0.05, 0) is 32.0 Å². The first-order chi connectivity index (χ1) is 7.97. The summed E-state index contributed by atoms with van der Waals surface area (Å²) in [6.45, 7) is 3.22. The molecule has 0 bridgehead atoms. The molecular formula is C11H12F2O3S. The molecule has 2 atom stereocenters. The van der Waals surface area contributed by atoms with Gasteiger partial charge in [-0.3, -0.25) is 9.00 Å². The Morgan fingerprint density at radius 2 is 2.06 bits per heavy atom. The predicted molar refractivity (Wildman–Crippen MR) is 58.9 cm³/mol.